The summed E-state index contributed by atoms with van der Waals surface area (Å²) in [5.74, 6) is 1.33. The van der Waals surface area contributed by atoms with Gasteiger partial charge in [-0.2, -0.15) is 0 Å². The Hall–Kier alpha value is -4.04. The van der Waals surface area contributed by atoms with Gasteiger partial charge in [-0.25, -0.2) is 0 Å². The summed E-state index contributed by atoms with van der Waals surface area (Å²) in [5, 5.41) is 39.9. The SMILES string of the molecule is COc1cc(OC)c(O)c(C2Oc3cc(C=Cc4cc(O)cc(O)c4)ccc3OC2CO)c1. The van der Waals surface area contributed by atoms with Gasteiger partial charge in [0, 0.05) is 17.7 Å². The zero-order valence-electron chi connectivity index (χ0n) is 18.1. The highest BCUT2D eigenvalue weighted by molar-refractivity contribution is 5.72. The van der Waals surface area contributed by atoms with Crippen LogP contribution in [0.1, 0.15) is 22.8 Å². The molecule has 1 heterocycles. The number of aliphatic hydroxyl groups excluding tert-OH is 1. The van der Waals surface area contributed by atoms with Crippen molar-refractivity contribution in [2.75, 3.05) is 20.8 Å². The topological polar surface area (TPSA) is 118 Å². The minimum absolute atomic E-state index is 0.0387. The van der Waals surface area contributed by atoms with Gasteiger partial charge in [0.05, 0.1) is 20.8 Å². The van der Waals surface area contributed by atoms with E-state index < -0.39 is 12.2 Å². The maximum atomic E-state index is 10.7. The van der Waals surface area contributed by atoms with Crippen LogP contribution in [-0.4, -0.2) is 47.4 Å². The van der Waals surface area contributed by atoms with Crippen LogP contribution < -0.4 is 18.9 Å². The molecule has 0 spiro atoms. The van der Waals surface area contributed by atoms with Gasteiger partial charge in [-0.1, -0.05) is 18.2 Å². The Labute approximate surface area is 190 Å². The zero-order chi connectivity index (χ0) is 23.5. The predicted molar refractivity (Wildman–Crippen MR) is 121 cm³/mol. The lowest BCUT2D eigenvalue weighted by Gasteiger charge is -2.34. The van der Waals surface area contributed by atoms with Crippen LogP contribution in [0.3, 0.4) is 0 Å². The Morgan fingerprint density at radius 3 is 2.21 bits per heavy atom. The molecular weight excluding hydrogens is 428 g/mol. The van der Waals surface area contributed by atoms with Crippen molar-refractivity contribution in [3.8, 4) is 40.2 Å². The molecule has 0 saturated carbocycles. The fraction of sp³-hybridized carbons (Fsp3) is 0.200. The third kappa shape index (κ3) is 4.61. The molecule has 1 aliphatic rings. The average molecular weight is 452 g/mol. The standard InChI is InChI=1S/C25H24O8/c1-30-18-11-19(24(29)22(12-18)31-2)25-23(13-26)32-20-6-5-14(9-21(20)33-25)3-4-15-7-16(27)10-17(28)8-15/h3-12,23,25-29H,13H2,1-2H3. The number of hydrogen-bond donors (Lipinski definition) is 4. The second-order valence-corrected chi connectivity index (χ2v) is 7.47. The number of ether oxygens (including phenoxy) is 4. The molecule has 33 heavy (non-hydrogen) atoms. The van der Waals surface area contributed by atoms with E-state index in [0.717, 1.165) is 5.56 Å². The summed E-state index contributed by atoms with van der Waals surface area (Å²) in [5.41, 5.74) is 1.75. The van der Waals surface area contributed by atoms with Crippen molar-refractivity contribution in [2.45, 2.75) is 12.2 Å². The first-order chi connectivity index (χ1) is 15.9. The highest BCUT2D eigenvalue weighted by Gasteiger charge is 2.35. The number of benzene rings is 3. The summed E-state index contributed by atoms with van der Waals surface area (Å²) in [7, 11) is 2.93. The Bertz CT molecular complexity index is 1170. The van der Waals surface area contributed by atoms with Crippen LogP contribution in [0, 0.1) is 0 Å². The first kappa shape index (κ1) is 22.2. The van der Waals surface area contributed by atoms with Crippen molar-refractivity contribution in [2.24, 2.45) is 0 Å². The van der Waals surface area contributed by atoms with E-state index in [-0.39, 0.29) is 29.6 Å². The van der Waals surface area contributed by atoms with Gasteiger partial charge in [0.15, 0.2) is 35.2 Å². The Morgan fingerprint density at radius 1 is 0.818 bits per heavy atom. The molecule has 8 heteroatoms. The van der Waals surface area contributed by atoms with Crippen molar-refractivity contribution >= 4 is 12.2 Å². The highest BCUT2D eigenvalue weighted by atomic mass is 16.6. The van der Waals surface area contributed by atoms with E-state index in [1.165, 1.54) is 32.4 Å². The Balaban J connectivity index is 1.67. The van der Waals surface area contributed by atoms with Crippen LogP contribution in [0.4, 0.5) is 0 Å². The molecule has 2 atom stereocenters. The number of aromatic hydroxyl groups is 3. The summed E-state index contributed by atoms with van der Waals surface area (Å²) in [6.45, 7) is -0.342. The van der Waals surface area contributed by atoms with Gasteiger partial charge in [0.1, 0.15) is 17.2 Å². The van der Waals surface area contributed by atoms with Gasteiger partial charge in [-0.05, 0) is 41.5 Å². The van der Waals surface area contributed by atoms with Gasteiger partial charge in [0.25, 0.3) is 0 Å². The monoisotopic (exact) mass is 452 g/mol. The van der Waals surface area contributed by atoms with Gasteiger partial charge < -0.3 is 39.4 Å². The molecule has 0 aromatic heterocycles. The molecule has 0 saturated heterocycles. The summed E-state index contributed by atoms with van der Waals surface area (Å²) in [6, 6.07) is 12.7. The molecule has 172 valence electrons. The van der Waals surface area contributed by atoms with Crippen molar-refractivity contribution in [1.29, 1.82) is 0 Å². The molecular formula is C25H24O8. The number of methoxy groups -OCH3 is 2. The number of rotatable bonds is 6. The molecule has 3 aromatic rings. The fourth-order valence-electron chi connectivity index (χ4n) is 3.65. The summed E-state index contributed by atoms with van der Waals surface area (Å²) < 4.78 is 22.6. The van der Waals surface area contributed by atoms with E-state index in [2.05, 4.69) is 0 Å². The van der Waals surface area contributed by atoms with Gasteiger partial charge >= 0.3 is 0 Å². The molecule has 0 amide bonds. The number of phenols is 3. The number of hydrogen-bond acceptors (Lipinski definition) is 8. The van der Waals surface area contributed by atoms with Crippen molar-refractivity contribution in [3.05, 3.63) is 65.2 Å². The number of phenolic OH excluding ortho intramolecular Hbond substituents is 3. The van der Waals surface area contributed by atoms with Gasteiger partial charge in [-0.3, -0.25) is 0 Å². The number of fused-ring (bicyclic) bond motifs is 1. The molecule has 0 bridgehead atoms. The minimum Gasteiger partial charge on any atom is -0.508 e. The van der Waals surface area contributed by atoms with Crippen LogP contribution in [0.5, 0.6) is 40.2 Å². The second-order valence-electron chi connectivity index (χ2n) is 7.47. The predicted octanol–water partition coefficient (Wildman–Crippen LogP) is 3.86. The molecule has 2 unspecified atom stereocenters. The van der Waals surface area contributed by atoms with Crippen LogP contribution in [-0.2, 0) is 0 Å². The molecule has 0 fully saturated rings. The largest absolute Gasteiger partial charge is 0.508 e. The van der Waals surface area contributed by atoms with Crippen molar-refractivity contribution < 1.29 is 39.4 Å². The van der Waals surface area contributed by atoms with Crippen molar-refractivity contribution in [1.82, 2.24) is 0 Å². The van der Waals surface area contributed by atoms with E-state index in [4.69, 9.17) is 18.9 Å². The van der Waals surface area contributed by atoms with E-state index >= 15 is 0 Å². The second kappa shape index (κ2) is 9.22. The van der Waals surface area contributed by atoms with Crippen LogP contribution in [0.15, 0.2) is 48.5 Å². The molecule has 0 aliphatic carbocycles. The first-order valence-corrected chi connectivity index (χ1v) is 10.2. The molecule has 8 nitrogen and oxygen atoms in total. The lowest BCUT2D eigenvalue weighted by Crippen LogP contribution is -2.36. The van der Waals surface area contributed by atoms with E-state index in [9.17, 15) is 20.4 Å². The molecule has 4 N–H and O–H groups in total. The van der Waals surface area contributed by atoms with Gasteiger partial charge in [-0.15, -0.1) is 0 Å². The molecule has 4 rings (SSSR count). The fourth-order valence-corrected chi connectivity index (χ4v) is 3.65. The normalized spacial score (nSPS) is 17.2. The van der Waals surface area contributed by atoms with E-state index in [1.807, 2.05) is 6.07 Å². The molecule has 1 aliphatic heterocycles. The smallest absolute Gasteiger partial charge is 0.167 e. The third-order valence-electron chi connectivity index (χ3n) is 5.25. The summed E-state index contributed by atoms with van der Waals surface area (Å²) in [6.07, 6.45) is 1.93. The van der Waals surface area contributed by atoms with Crippen LogP contribution >= 0.6 is 0 Å². The van der Waals surface area contributed by atoms with Gasteiger partial charge in [0.2, 0.25) is 0 Å². The van der Waals surface area contributed by atoms with Crippen LogP contribution in [0.2, 0.25) is 0 Å². The maximum Gasteiger partial charge on any atom is 0.167 e. The van der Waals surface area contributed by atoms with E-state index in [1.54, 1.807) is 36.4 Å². The average Bonchev–Trinajstić information content (AvgIpc) is 2.81. The maximum absolute atomic E-state index is 10.7. The van der Waals surface area contributed by atoms with Crippen molar-refractivity contribution in [3.63, 3.8) is 0 Å². The van der Waals surface area contributed by atoms with Crippen LogP contribution in [0.25, 0.3) is 12.2 Å². The third-order valence-corrected chi connectivity index (χ3v) is 5.25. The Morgan fingerprint density at radius 2 is 1.55 bits per heavy atom. The summed E-state index contributed by atoms with van der Waals surface area (Å²) in [4.78, 5) is 0. The number of aliphatic hydroxyl groups is 1. The quantitative estimate of drug-likeness (QED) is 0.417. The molecule has 3 aromatic carbocycles. The highest BCUT2D eigenvalue weighted by Crippen LogP contribution is 2.45. The lowest BCUT2D eigenvalue weighted by atomic mass is 10.0. The lowest BCUT2D eigenvalue weighted by molar-refractivity contribution is -0.0134. The first-order valence-electron chi connectivity index (χ1n) is 10.2. The minimum atomic E-state index is -0.825. The summed E-state index contributed by atoms with van der Waals surface area (Å²) >= 11 is 0. The molecule has 0 radical (unpaired) electrons. The Kier molecular flexibility index (Phi) is 6.19. The zero-order valence-corrected chi connectivity index (χ0v) is 18.1. The van der Waals surface area contributed by atoms with E-state index in [0.29, 0.717) is 28.4 Å².